The van der Waals surface area contributed by atoms with Crippen LogP contribution in [0.3, 0.4) is 0 Å². The van der Waals surface area contributed by atoms with Gasteiger partial charge in [-0.15, -0.1) is 0 Å². The summed E-state index contributed by atoms with van der Waals surface area (Å²) < 4.78 is 0. The van der Waals surface area contributed by atoms with Crippen molar-refractivity contribution in [3.8, 4) is 0 Å². The Hall–Kier alpha value is -1.73. The fourth-order valence-corrected chi connectivity index (χ4v) is 4.48. The minimum Gasteiger partial charge on any atom is -0.357 e. The van der Waals surface area contributed by atoms with Crippen LogP contribution in [0.15, 0.2) is 0 Å². The summed E-state index contributed by atoms with van der Waals surface area (Å²) in [6.45, 7) is 10.0. The van der Waals surface area contributed by atoms with Crippen LogP contribution in [0.25, 0.3) is 0 Å². The number of nitrogens with one attached hydrogen (secondary N) is 1. The van der Waals surface area contributed by atoms with Gasteiger partial charge in [-0.05, 0) is 32.4 Å². The molecule has 0 aliphatic carbocycles. The van der Waals surface area contributed by atoms with Crippen molar-refractivity contribution >= 4 is 11.9 Å². The van der Waals surface area contributed by atoms with Gasteiger partial charge in [0.1, 0.15) is 5.69 Å². The maximum absolute atomic E-state index is 13.1. The third kappa shape index (κ3) is 4.76. The first-order valence-corrected chi connectivity index (χ1v) is 10.0. The number of nitrogens with zero attached hydrogens (tertiary/aromatic N) is 5. The van der Waals surface area contributed by atoms with Crippen LogP contribution in [0.1, 0.15) is 48.4 Å². The molecule has 3 heterocycles. The fourth-order valence-electron chi connectivity index (χ4n) is 4.48. The van der Waals surface area contributed by atoms with Gasteiger partial charge in [-0.1, -0.05) is 13.8 Å². The second-order valence-electron chi connectivity index (χ2n) is 8.93. The second kappa shape index (κ2) is 8.10. The molecule has 3 rings (SSSR count). The van der Waals surface area contributed by atoms with Crippen LogP contribution in [0, 0.1) is 5.41 Å². The van der Waals surface area contributed by atoms with Crippen LogP contribution in [0.5, 0.6) is 0 Å². The molecule has 0 atom stereocenters. The summed E-state index contributed by atoms with van der Waals surface area (Å²) in [5.41, 5.74) is 2.84. The lowest BCUT2D eigenvalue weighted by molar-refractivity contribution is 0.0781. The Morgan fingerprint density at radius 1 is 1.19 bits per heavy atom. The maximum Gasteiger partial charge on any atom is 0.273 e. The normalized spacial score (nSPS) is 18.1. The summed E-state index contributed by atoms with van der Waals surface area (Å²) in [6.07, 6.45) is 3.04. The number of likely N-dealkylation sites (tertiary alicyclic amines) is 1. The first-order chi connectivity index (χ1) is 12.8. The lowest BCUT2D eigenvalue weighted by Crippen LogP contribution is -2.43. The molecule has 7 heteroatoms. The number of carbonyl (C=O) groups excluding carboxylic acids is 1. The zero-order valence-corrected chi connectivity index (χ0v) is 17.5. The van der Waals surface area contributed by atoms with E-state index in [0.717, 1.165) is 69.8 Å². The Balaban J connectivity index is 1.84. The molecule has 1 aromatic heterocycles. The van der Waals surface area contributed by atoms with Gasteiger partial charge in [0.25, 0.3) is 5.91 Å². The maximum atomic E-state index is 13.1. The van der Waals surface area contributed by atoms with Crippen LogP contribution < -0.4 is 5.32 Å². The van der Waals surface area contributed by atoms with Gasteiger partial charge in [0, 0.05) is 58.3 Å². The van der Waals surface area contributed by atoms with E-state index in [9.17, 15) is 4.79 Å². The van der Waals surface area contributed by atoms with Crippen molar-refractivity contribution in [3.63, 3.8) is 0 Å². The van der Waals surface area contributed by atoms with Gasteiger partial charge in [0.2, 0.25) is 5.95 Å². The molecular weight excluding hydrogens is 340 g/mol. The number of carbonyl (C=O) groups is 1. The highest BCUT2D eigenvalue weighted by molar-refractivity contribution is 5.94. The SMILES string of the molecule is CNc1nc2c(c(C(=O)N3CCCC3)n1)CN(CC(C)(C)CN(C)C)CC2. The van der Waals surface area contributed by atoms with Crippen LogP contribution >= 0.6 is 0 Å². The molecule has 1 aromatic rings. The number of hydrogen-bond donors (Lipinski definition) is 1. The van der Waals surface area contributed by atoms with Crippen molar-refractivity contribution in [2.75, 3.05) is 59.2 Å². The molecule has 1 fully saturated rings. The Bertz CT molecular complexity index is 681. The molecule has 0 aromatic carbocycles. The van der Waals surface area contributed by atoms with E-state index in [1.807, 2.05) is 11.9 Å². The molecule has 2 aliphatic heterocycles. The average molecular weight is 375 g/mol. The molecule has 150 valence electrons. The first kappa shape index (κ1) is 20.0. The molecule has 0 spiro atoms. The van der Waals surface area contributed by atoms with Crippen molar-refractivity contribution < 1.29 is 4.79 Å². The summed E-state index contributed by atoms with van der Waals surface area (Å²) in [6, 6.07) is 0. The lowest BCUT2D eigenvalue weighted by Gasteiger charge is -2.37. The fraction of sp³-hybridized carbons (Fsp3) is 0.750. The van der Waals surface area contributed by atoms with Crippen molar-refractivity contribution in [2.45, 2.75) is 39.7 Å². The van der Waals surface area contributed by atoms with E-state index in [2.05, 4.69) is 53.0 Å². The molecule has 0 saturated carbocycles. The molecule has 1 amide bonds. The quantitative estimate of drug-likeness (QED) is 0.818. The van der Waals surface area contributed by atoms with E-state index in [1.165, 1.54) is 0 Å². The van der Waals surface area contributed by atoms with E-state index in [1.54, 1.807) is 0 Å². The zero-order valence-electron chi connectivity index (χ0n) is 17.5. The molecule has 7 nitrogen and oxygen atoms in total. The second-order valence-corrected chi connectivity index (χ2v) is 8.93. The third-order valence-electron chi connectivity index (χ3n) is 5.35. The lowest BCUT2D eigenvalue weighted by atomic mass is 9.90. The van der Waals surface area contributed by atoms with Crippen LogP contribution in [0.2, 0.25) is 0 Å². The molecular formula is C20H34N6O. The summed E-state index contributed by atoms with van der Waals surface area (Å²) >= 11 is 0. The van der Waals surface area contributed by atoms with Gasteiger partial charge in [0.05, 0.1) is 5.69 Å². The topological polar surface area (TPSA) is 64.6 Å². The van der Waals surface area contributed by atoms with Gasteiger partial charge in [-0.2, -0.15) is 0 Å². The van der Waals surface area contributed by atoms with Crippen molar-refractivity contribution in [1.29, 1.82) is 0 Å². The zero-order chi connectivity index (χ0) is 19.6. The Labute approximate surface area is 163 Å². The third-order valence-corrected chi connectivity index (χ3v) is 5.35. The van der Waals surface area contributed by atoms with Gasteiger partial charge >= 0.3 is 0 Å². The monoisotopic (exact) mass is 374 g/mol. The van der Waals surface area contributed by atoms with Crippen molar-refractivity contribution in [1.82, 2.24) is 24.7 Å². The number of rotatable bonds is 6. The van der Waals surface area contributed by atoms with E-state index >= 15 is 0 Å². The van der Waals surface area contributed by atoms with Crippen LogP contribution in [-0.4, -0.2) is 84.4 Å². The van der Waals surface area contributed by atoms with Gasteiger partial charge in [-0.25, -0.2) is 9.97 Å². The molecule has 2 aliphatic rings. The summed E-state index contributed by atoms with van der Waals surface area (Å²) in [5, 5.41) is 3.02. The Morgan fingerprint density at radius 2 is 1.89 bits per heavy atom. The number of amides is 1. The summed E-state index contributed by atoms with van der Waals surface area (Å²) in [7, 11) is 6.05. The number of anilines is 1. The number of hydrogen-bond acceptors (Lipinski definition) is 6. The molecule has 0 bridgehead atoms. The molecule has 0 unspecified atom stereocenters. The number of aromatic nitrogens is 2. The Morgan fingerprint density at radius 3 is 2.52 bits per heavy atom. The highest BCUT2D eigenvalue weighted by Gasteiger charge is 2.31. The van der Waals surface area contributed by atoms with Gasteiger partial charge < -0.3 is 15.1 Å². The molecule has 0 radical (unpaired) electrons. The molecule has 1 N–H and O–H groups in total. The average Bonchev–Trinajstić information content (AvgIpc) is 3.13. The van der Waals surface area contributed by atoms with E-state index < -0.39 is 0 Å². The summed E-state index contributed by atoms with van der Waals surface area (Å²) in [5.74, 6) is 0.620. The molecule has 1 saturated heterocycles. The van der Waals surface area contributed by atoms with Crippen LogP contribution in [0.4, 0.5) is 5.95 Å². The number of fused-ring (bicyclic) bond motifs is 1. The van der Waals surface area contributed by atoms with Gasteiger partial charge in [0.15, 0.2) is 0 Å². The van der Waals surface area contributed by atoms with E-state index in [-0.39, 0.29) is 11.3 Å². The predicted molar refractivity (Wildman–Crippen MR) is 108 cm³/mol. The van der Waals surface area contributed by atoms with E-state index in [4.69, 9.17) is 0 Å². The van der Waals surface area contributed by atoms with E-state index in [0.29, 0.717) is 11.6 Å². The van der Waals surface area contributed by atoms with Crippen LogP contribution in [-0.2, 0) is 13.0 Å². The highest BCUT2D eigenvalue weighted by Crippen LogP contribution is 2.27. The minimum absolute atomic E-state index is 0.0667. The summed E-state index contributed by atoms with van der Waals surface area (Å²) in [4.78, 5) is 29.0. The Kier molecular flexibility index (Phi) is 6.01. The van der Waals surface area contributed by atoms with Crippen molar-refractivity contribution in [3.05, 3.63) is 17.0 Å². The minimum atomic E-state index is 0.0667. The standard InChI is InChI=1S/C20H34N6O/c1-20(2,13-24(4)5)14-25-11-8-16-15(12-25)17(23-19(21-3)22-16)18(27)26-9-6-7-10-26/h6-14H2,1-5H3,(H,21,22,23). The smallest absolute Gasteiger partial charge is 0.273 e. The molecule has 27 heavy (non-hydrogen) atoms. The first-order valence-electron chi connectivity index (χ1n) is 10.0. The highest BCUT2D eigenvalue weighted by atomic mass is 16.2. The largest absolute Gasteiger partial charge is 0.357 e. The predicted octanol–water partition coefficient (Wildman–Crippen LogP) is 1.70. The van der Waals surface area contributed by atoms with Gasteiger partial charge in [-0.3, -0.25) is 9.69 Å². The van der Waals surface area contributed by atoms with Crippen molar-refractivity contribution in [2.24, 2.45) is 5.41 Å².